The van der Waals surface area contributed by atoms with E-state index in [2.05, 4.69) is 15.6 Å². The number of rotatable bonds is 6. The lowest BCUT2D eigenvalue weighted by molar-refractivity contribution is -0.114. The summed E-state index contributed by atoms with van der Waals surface area (Å²) in [7, 11) is 0. The molecule has 114 valence electrons. The van der Waals surface area contributed by atoms with E-state index in [4.69, 9.17) is 0 Å². The lowest BCUT2D eigenvalue weighted by Gasteiger charge is -2.07. The van der Waals surface area contributed by atoms with Gasteiger partial charge in [0.25, 0.3) is 0 Å². The topological polar surface area (TPSA) is 71.1 Å². The molecule has 2 aromatic rings. The van der Waals surface area contributed by atoms with E-state index in [0.717, 1.165) is 11.3 Å². The molecule has 0 unspecified atom stereocenters. The number of carbonyl (C=O) groups is 2. The van der Waals surface area contributed by atoms with Crippen LogP contribution in [0.5, 0.6) is 0 Å². The molecule has 0 aliphatic heterocycles. The van der Waals surface area contributed by atoms with Crippen LogP contribution in [0, 0.1) is 6.92 Å². The van der Waals surface area contributed by atoms with Crippen molar-refractivity contribution in [1.82, 2.24) is 4.98 Å². The standard InChI is InChI=1S/C16H17N3O2S/c1-12-6-5-9-17-16(12)19-15(21)11-22-10-14(20)18-13-7-3-2-4-8-13/h2-9H,10-11H2,1H3,(H,18,20)(H,17,19,21). The molecule has 2 N–H and O–H groups in total. The fraction of sp³-hybridized carbons (Fsp3) is 0.188. The van der Waals surface area contributed by atoms with Crippen molar-refractivity contribution in [3.8, 4) is 0 Å². The number of aryl methyl sites for hydroxylation is 1. The number of nitrogens with one attached hydrogen (secondary N) is 2. The average molecular weight is 315 g/mol. The number of pyridine rings is 1. The number of benzene rings is 1. The van der Waals surface area contributed by atoms with Crippen LogP contribution in [0.3, 0.4) is 0 Å². The summed E-state index contributed by atoms with van der Waals surface area (Å²) in [5, 5.41) is 5.50. The van der Waals surface area contributed by atoms with E-state index in [1.165, 1.54) is 11.8 Å². The predicted molar refractivity (Wildman–Crippen MR) is 90.0 cm³/mol. The third-order valence-corrected chi connectivity index (χ3v) is 3.72. The van der Waals surface area contributed by atoms with E-state index in [1.807, 2.05) is 49.4 Å². The van der Waals surface area contributed by atoms with Crippen LogP contribution in [-0.2, 0) is 9.59 Å². The molecule has 0 aliphatic carbocycles. The highest BCUT2D eigenvalue weighted by molar-refractivity contribution is 8.00. The molecule has 0 spiro atoms. The third-order valence-electron chi connectivity index (χ3n) is 2.79. The highest BCUT2D eigenvalue weighted by atomic mass is 32.2. The molecule has 1 heterocycles. The summed E-state index contributed by atoms with van der Waals surface area (Å²) in [6, 6.07) is 12.9. The Bertz CT molecular complexity index is 647. The Kier molecular flexibility index (Phi) is 5.97. The van der Waals surface area contributed by atoms with Crippen molar-refractivity contribution in [2.45, 2.75) is 6.92 Å². The molecule has 1 aromatic carbocycles. The highest BCUT2D eigenvalue weighted by Gasteiger charge is 2.08. The maximum absolute atomic E-state index is 11.8. The SMILES string of the molecule is Cc1cccnc1NC(=O)CSCC(=O)Nc1ccccc1. The van der Waals surface area contributed by atoms with Crippen LogP contribution in [0.4, 0.5) is 11.5 Å². The maximum Gasteiger partial charge on any atom is 0.235 e. The number of para-hydroxylation sites is 1. The number of carbonyl (C=O) groups excluding carboxylic acids is 2. The van der Waals surface area contributed by atoms with Gasteiger partial charge in [-0.1, -0.05) is 24.3 Å². The summed E-state index contributed by atoms with van der Waals surface area (Å²) in [5.74, 6) is 0.695. The first-order chi connectivity index (χ1) is 10.6. The molecular formula is C16H17N3O2S. The normalized spacial score (nSPS) is 10.0. The fourth-order valence-corrected chi connectivity index (χ4v) is 2.36. The Balaban J connectivity index is 1.71. The van der Waals surface area contributed by atoms with Crippen molar-refractivity contribution in [2.24, 2.45) is 0 Å². The van der Waals surface area contributed by atoms with Gasteiger partial charge in [-0.05, 0) is 30.7 Å². The fourth-order valence-electron chi connectivity index (χ4n) is 1.74. The quantitative estimate of drug-likeness (QED) is 0.860. The van der Waals surface area contributed by atoms with E-state index in [9.17, 15) is 9.59 Å². The van der Waals surface area contributed by atoms with Crippen LogP contribution in [-0.4, -0.2) is 28.3 Å². The zero-order chi connectivity index (χ0) is 15.8. The smallest absolute Gasteiger partial charge is 0.235 e. The van der Waals surface area contributed by atoms with Crippen LogP contribution < -0.4 is 10.6 Å². The first-order valence-electron chi connectivity index (χ1n) is 6.79. The predicted octanol–water partition coefficient (Wildman–Crippen LogP) is 2.70. The molecule has 0 radical (unpaired) electrons. The van der Waals surface area contributed by atoms with Gasteiger partial charge in [-0.25, -0.2) is 4.98 Å². The summed E-state index contributed by atoms with van der Waals surface area (Å²) < 4.78 is 0. The largest absolute Gasteiger partial charge is 0.325 e. The second kappa shape index (κ2) is 8.19. The molecule has 0 atom stereocenters. The van der Waals surface area contributed by atoms with Gasteiger partial charge in [0.1, 0.15) is 5.82 Å². The van der Waals surface area contributed by atoms with Crippen molar-refractivity contribution in [3.05, 3.63) is 54.2 Å². The van der Waals surface area contributed by atoms with E-state index >= 15 is 0 Å². The van der Waals surface area contributed by atoms with Gasteiger partial charge in [-0.15, -0.1) is 11.8 Å². The monoisotopic (exact) mass is 315 g/mol. The van der Waals surface area contributed by atoms with Crippen LogP contribution in [0.2, 0.25) is 0 Å². The molecule has 2 rings (SSSR count). The van der Waals surface area contributed by atoms with E-state index < -0.39 is 0 Å². The number of anilines is 2. The maximum atomic E-state index is 11.8. The minimum absolute atomic E-state index is 0.127. The number of hydrogen-bond acceptors (Lipinski definition) is 4. The van der Waals surface area contributed by atoms with Gasteiger partial charge in [0, 0.05) is 11.9 Å². The van der Waals surface area contributed by atoms with Gasteiger partial charge in [-0.2, -0.15) is 0 Å². The number of amides is 2. The van der Waals surface area contributed by atoms with Crippen molar-refractivity contribution >= 4 is 35.1 Å². The highest BCUT2D eigenvalue weighted by Crippen LogP contribution is 2.11. The Morgan fingerprint density at radius 2 is 1.68 bits per heavy atom. The van der Waals surface area contributed by atoms with Gasteiger partial charge < -0.3 is 10.6 Å². The zero-order valence-electron chi connectivity index (χ0n) is 12.2. The number of hydrogen-bond donors (Lipinski definition) is 2. The molecule has 0 bridgehead atoms. The summed E-state index contributed by atoms with van der Waals surface area (Å²) in [5.41, 5.74) is 1.66. The lowest BCUT2D eigenvalue weighted by atomic mass is 10.3. The van der Waals surface area contributed by atoms with Gasteiger partial charge in [0.15, 0.2) is 0 Å². The summed E-state index contributed by atoms with van der Waals surface area (Å²) in [6.45, 7) is 1.88. The number of aromatic nitrogens is 1. The van der Waals surface area contributed by atoms with Gasteiger partial charge in [-0.3, -0.25) is 9.59 Å². The van der Waals surface area contributed by atoms with Crippen molar-refractivity contribution in [2.75, 3.05) is 22.1 Å². The minimum Gasteiger partial charge on any atom is -0.325 e. The molecule has 0 aliphatic rings. The summed E-state index contributed by atoms with van der Waals surface area (Å²) in [6.07, 6.45) is 1.63. The molecule has 1 aromatic heterocycles. The van der Waals surface area contributed by atoms with E-state index in [1.54, 1.807) is 6.20 Å². The van der Waals surface area contributed by atoms with Crippen molar-refractivity contribution < 1.29 is 9.59 Å². The Hall–Kier alpha value is -2.34. The first kappa shape index (κ1) is 16.0. The molecular weight excluding hydrogens is 298 g/mol. The van der Waals surface area contributed by atoms with Gasteiger partial charge in [0.05, 0.1) is 11.5 Å². The Morgan fingerprint density at radius 3 is 2.36 bits per heavy atom. The zero-order valence-corrected chi connectivity index (χ0v) is 13.0. The molecule has 5 nitrogen and oxygen atoms in total. The lowest BCUT2D eigenvalue weighted by Crippen LogP contribution is -2.19. The van der Waals surface area contributed by atoms with Crippen LogP contribution in [0.15, 0.2) is 48.7 Å². The van der Waals surface area contributed by atoms with Gasteiger partial charge >= 0.3 is 0 Å². The average Bonchev–Trinajstić information content (AvgIpc) is 2.50. The number of nitrogens with zero attached hydrogens (tertiary/aromatic N) is 1. The summed E-state index contributed by atoms with van der Waals surface area (Å²) in [4.78, 5) is 27.6. The van der Waals surface area contributed by atoms with E-state index in [0.29, 0.717) is 5.82 Å². The second-order valence-electron chi connectivity index (χ2n) is 4.62. The molecule has 0 saturated carbocycles. The first-order valence-corrected chi connectivity index (χ1v) is 7.95. The van der Waals surface area contributed by atoms with Crippen LogP contribution >= 0.6 is 11.8 Å². The molecule has 22 heavy (non-hydrogen) atoms. The van der Waals surface area contributed by atoms with E-state index in [-0.39, 0.29) is 23.3 Å². The number of thioether (sulfide) groups is 1. The van der Waals surface area contributed by atoms with Crippen molar-refractivity contribution in [1.29, 1.82) is 0 Å². The van der Waals surface area contributed by atoms with Crippen LogP contribution in [0.25, 0.3) is 0 Å². The van der Waals surface area contributed by atoms with Crippen LogP contribution in [0.1, 0.15) is 5.56 Å². The summed E-state index contributed by atoms with van der Waals surface area (Å²) >= 11 is 1.26. The molecule has 6 heteroatoms. The molecule has 0 saturated heterocycles. The Labute approximate surface area is 133 Å². The second-order valence-corrected chi connectivity index (χ2v) is 5.61. The van der Waals surface area contributed by atoms with Crippen molar-refractivity contribution in [3.63, 3.8) is 0 Å². The molecule has 2 amide bonds. The minimum atomic E-state index is -0.167. The molecule has 0 fully saturated rings. The third kappa shape index (κ3) is 5.21. The van der Waals surface area contributed by atoms with Gasteiger partial charge in [0.2, 0.25) is 11.8 Å². The Morgan fingerprint density at radius 1 is 1.00 bits per heavy atom.